The first-order valence-electron chi connectivity index (χ1n) is 9.21. The number of esters is 1. The number of carbonyl (C=O) groups excluding carboxylic acids is 3. The zero-order valence-electron chi connectivity index (χ0n) is 16.5. The van der Waals surface area contributed by atoms with Crippen molar-refractivity contribution >= 4 is 34.2 Å². The van der Waals surface area contributed by atoms with Gasteiger partial charge < -0.3 is 19.9 Å². The predicted octanol–water partition coefficient (Wildman–Crippen LogP) is 1.49. The summed E-state index contributed by atoms with van der Waals surface area (Å²) in [5, 5.41) is 4.10. The number of benzene rings is 2. The van der Waals surface area contributed by atoms with Crippen LogP contribution in [0.1, 0.15) is 27.9 Å². The topological polar surface area (TPSA) is 121 Å². The van der Waals surface area contributed by atoms with Crippen molar-refractivity contribution in [3.63, 3.8) is 0 Å². The highest BCUT2D eigenvalue weighted by Crippen LogP contribution is 2.26. The second kappa shape index (κ2) is 8.99. The van der Waals surface area contributed by atoms with E-state index in [1.54, 1.807) is 20.0 Å². The molecule has 0 atom stereocenters. The minimum absolute atomic E-state index is 0.185. The molecule has 0 unspecified atom stereocenters. The van der Waals surface area contributed by atoms with Crippen LogP contribution >= 0.6 is 0 Å². The highest BCUT2D eigenvalue weighted by Gasteiger charge is 2.21. The minimum Gasteiger partial charge on any atom is -0.465 e. The van der Waals surface area contributed by atoms with E-state index in [9.17, 15) is 19.2 Å². The average Bonchev–Trinajstić information content (AvgIpc) is 2.76. The van der Waals surface area contributed by atoms with E-state index in [0.29, 0.717) is 5.69 Å². The number of amides is 2. The fraction of sp³-hybridized carbons (Fsp3) is 0.190. The molecule has 0 fully saturated rings. The number of carbonyl (C=O) groups is 3. The third kappa shape index (κ3) is 4.35. The summed E-state index contributed by atoms with van der Waals surface area (Å²) < 4.78 is 4.71. The molecule has 30 heavy (non-hydrogen) atoms. The van der Waals surface area contributed by atoms with Gasteiger partial charge in [0, 0.05) is 18.6 Å². The second-order valence-electron chi connectivity index (χ2n) is 6.32. The molecule has 2 N–H and O–H groups in total. The van der Waals surface area contributed by atoms with Crippen LogP contribution in [0.4, 0.5) is 5.69 Å². The zero-order valence-corrected chi connectivity index (χ0v) is 16.5. The van der Waals surface area contributed by atoms with Gasteiger partial charge in [-0.15, -0.1) is 0 Å². The lowest BCUT2D eigenvalue weighted by molar-refractivity contribution is -0.141. The molecule has 9 heteroatoms. The maximum atomic E-state index is 12.9. The Morgan fingerprint density at radius 3 is 2.60 bits per heavy atom. The van der Waals surface area contributed by atoms with Crippen molar-refractivity contribution < 1.29 is 19.1 Å². The first-order chi connectivity index (χ1) is 14.4. The number of nitrogens with one attached hydrogen (secondary N) is 2. The van der Waals surface area contributed by atoms with E-state index < -0.39 is 23.3 Å². The summed E-state index contributed by atoms with van der Waals surface area (Å²) in [7, 11) is 1.56. The van der Waals surface area contributed by atoms with E-state index in [4.69, 9.17) is 4.74 Å². The van der Waals surface area contributed by atoms with E-state index in [1.807, 2.05) is 36.4 Å². The van der Waals surface area contributed by atoms with Crippen molar-refractivity contribution in [1.82, 2.24) is 15.3 Å². The van der Waals surface area contributed by atoms with Crippen molar-refractivity contribution in [2.24, 2.45) is 0 Å². The molecule has 0 spiro atoms. The van der Waals surface area contributed by atoms with Crippen molar-refractivity contribution in [3.05, 3.63) is 70.4 Å². The number of hydrogen-bond donors (Lipinski definition) is 2. The van der Waals surface area contributed by atoms with Gasteiger partial charge in [0.2, 0.25) is 0 Å². The van der Waals surface area contributed by atoms with Crippen LogP contribution in [-0.2, 0) is 9.53 Å². The average molecular weight is 408 g/mol. The molecule has 0 aliphatic rings. The van der Waals surface area contributed by atoms with Gasteiger partial charge in [-0.05, 0) is 18.4 Å². The third-order valence-corrected chi connectivity index (χ3v) is 4.38. The third-order valence-electron chi connectivity index (χ3n) is 4.38. The summed E-state index contributed by atoms with van der Waals surface area (Å²) in [5.74, 6) is -2.26. The van der Waals surface area contributed by atoms with E-state index in [2.05, 4.69) is 15.3 Å². The Morgan fingerprint density at radius 2 is 1.87 bits per heavy atom. The number of nitrogens with zero attached hydrogens (tertiary/aromatic N) is 2. The molecule has 0 aliphatic heterocycles. The van der Waals surface area contributed by atoms with Gasteiger partial charge in [0.1, 0.15) is 12.1 Å². The predicted molar refractivity (Wildman–Crippen MR) is 111 cm³/mol. The van der Waals surface area contributed by atoms with E-state index in [0.717, 1.165) is 17.0 Å². The summed E-state index contributed by atoms with van der Waals surface area (Å²) in [6.45, 7) is 1.47. The molecule has 0 saturated carbocycles. The molecule has 1 heterocycles. The molecule has 2 amide bonds. The second-order valence-corrected chi connectivity index (χ2v) is 6.32. The molecule has 154 valence electrons. The Balaban J connectivity index is 1.80. The highest BCUT2D eigenvalue weighted by atomic mass is 16.5. The number of H-pyrrole nitrogens is 1. The van der Waals surface area contributed by atoms with Crippen molar-refractivity contribution in [2.75, 3.05) is 25.1 Å². The van der Waals surface area contributed by atoms with E-state index in [-0.39, 0.29) is 24.5 Å². The summed E-state index contributed by atoms with van der Waals surface area (Å²) in [4.78, 5) is 56.1. The van der Waals surface area contributed by atoms with Gasteiger partial charge in [-0.2, -0.15) is 0 Å². The lowest BCUT2D eigenvalue weighted by Gasteiger charge is -2.19. The zero-order chi connectivity index (χ0) is 21.7. The quantitative estimate of drug-likeness (QED) is 0.596. The number of hydrogen-bond acceptors (Lipinski definition) is 6. The molecule has 2 aromatic carbocycles. The minimum atomic E-state index is -0.762. The molecular formula is C21H20N4O5. The Morgan fingerprint density at radius 1 is 1.13 bits per heavy atom. The van der Waals surface area contributed by atoms with Crippen LogP contribution in [0.2, 0.25) is 0 Å². The van der Waals surface area contributed by atoms with E-state index >= 15 is 0 Å². The Bertz CT molecular complexity index is 1170. The highest BCUT2D eigenvalue weighted by molar-refractivity contribution is 6.10. The van der Waals surface area contributed by atoms with Crippen LogP contribution in [0, 0.1) is 0 Å². The lowest BCUT2D eigenvalue weighted by Crippen LogP contribution is -2.36. The van der Waals surface area contributed by atoms with Crippen LogP contribution in [-0.4, -0.2) is 48.0 Å². The lowest BCUT2D eigenvalue weighted by atomic mass is 10.1. The summed E-state index contributed by atoms with van der Waals surface area (Å²) in [6.07, 6.45) is 1.04. The maximum Gasteiger partial charge on any atom is 0.325 e. The number of aromatic nitrogens is 2. The largest absolute Gasteiger partial charge is 0.465 e. The number of fused-ring (bicyclic) bond motifs is 1. The normalized spacial score (nSPS) is 10.5. The molecule has 0 radical (unpaired) electrons. The maximum absolute atomic E-state index is 12.9. The van der Waals surface area contributed by atoms with Crippen molar-refractivity contribution in [3.8, 4) is 0 Å². The first-order valence-corrected chi connectivity index (χ1v) is 9.21. The van der Waals surface area contributed by atoms with Gasteiger partial charge in [0.25, 0.3) is 17.4 Å². The molecule has 9 nitrogen and oxygen atoms in total. The van der Waals surface area contributed by atoms with Crippen LogP contribution in [0.15, 0.2) is 53.5 Å². The summed E-state index contributed by atoms with van der Waals surface area (Å²) >= 11 is 0. The summed E-state index contributed by atoms with van der Waals surface area (Å²) in [6, 6.07) is 13.1. The number of anilines is 1. The molecule has 0 aliphatic carbocycles. The van der Waals surface area contributed by atoms with Crippen molar-refractivity contribution in [2.45, 2.75) is 6.92 Å². The molecular weight excluding hydrogens is 388 g/mol. The molecule has 0 bridgehead atoms. The van der Waals surface area contributed by atoms with Crippen LogP contribution < -0.4 is 15.8 Å². The van der Waals surface area contributed by atoms with Crippen LogP contribution in [0.5, 0.6) is 0 Å². The Hall–Kier alpha value is -4.01. The summed E-state index contributed by atoms with van der Waals surface area (Å²) in [5.41, 5.74) is -0.343. The smallest absolute Gasteiger partial charge is 0.325 e. The monoisotopic (exact) mass is 408 g/mol. The van der Waals surface area contributed by atoms with E-state index in [1.165, 1.54) is 4.90 Å². The number of ether oxygens (including phenoxy) is 1. The van der Waals surface area contributed by atoms with Crippen LogP contribution in [0.3, 0.4) is 0 Å². The number of aromatic amines is 1. The van der Waals surface area contributed by atoms with Gasteiger partial charge in [0.05, 0.1) is 12.3 Å². The Kier molecular flexibility index (Phi) is 6.21. The van der Waals surface area contributed by atoms with Gasteiger partial charge in [-0.1, -0.05) is 36.4 Å². The SMILES string of the molecule is CCOC(=O)CNC(=O)c1ncc(C(=O)N(C)c2cccc3ccccc23)c(=O)[nH]1. The van der Waals surface area contributed by atoms with Gasteiger partial charge in [-0.3, -0.25) is 19.2 Å². The fourth-order valence-corrected chi connectivity index (χ4v) is 2.90. The van der Waals surface area contributed by atoms with Gasteiger partial charge in [0.15, 0.2) is 5.82 Å². The van der Waals surface area contributed by atoms with Crippen LogP contribution in [0.25, 0.3) is 10.8 Å². The standard InChI is InChI=1S/C21H20N4O5/c1-3-30-17(26)12-23-20(28)18-22-11-15(19(27)24-18)21(29)25(2)16-10-6-8-13-7-4-5-9-14(13)16/h4-11H,3,12H2,1-2H3,(H,23,28)(H,22,24,27). The molecule has 3 aromatic rings. The molecule has 3 rings (SSSR count). The Labute approximate surface area is 171 Å². The van der Waals surface area contributed by atoms with Gasteiger partial charge in [-0.25, -0.2) is 4.98 Å². The fourth-order valence-electron chi connectivity index (χ4n) is 2.90. The molecule has 0 saturated heterocycles. The van der Waals surface area contributed by atoms with Crippen molar-refractivity contribution in [1.29, 1.82) is 0 Å². The molecule has 1 aromatic heterocycles. The first kappa shape index (κ1) is 20.7. The van der Waals surface area contributed by atoms with Gasteiger partial charge >= 0.3 is 5.97 Å². The number of rotatable bonds is 6.